The van der Waals surface area contributed by atoms with E-state index in [2.05, 4.69) is 63.6 Å². The number of hydrogen-bond donors (Lipinski definition) is 0. The van der Waals surface area contributed by atoms with Crippen LogP contribution in [0.3, 0.4) is 0 Å². The summed E-state index contributed by atoms with van der Waals surface area (Å²) < 4.78 is 0. The number of benzene rings is 1. The molecule has 1 aromatic carbocycles. The summed E-state index contributed by atoms with van der Waals surface area (Å²) in [7, 11) is -1.87. The fourth-order valence-electron chi connectivity index (χ4n) is 1.50. The molecular formula is C13H22Si2. The molecule has 1 aromatic rings. The van der Waals surface area contributed by atoms with Gasteiger partial charge in [0.1, 0.15) is 0 Å². The Morgan fingerprint density at radius 1 is 1.07 bits per heavy atom. The van der Waals surface area contributed by atoms with E-state index in [1.807, 2.05) is 0 Å². The molecule has 0 bridgehead atoms. The summed E-state index contributed by atoms with van der Waals surface area (Å²) in [5.74, 6) is 0. The largest absolute Gasteiger partial charge is 0.0992 e. The number of rotatable bonds is 3. The van der Waals surface area contributed by atoms with Crippen LogP contribution in [-0.4, -0.2) is 16.9 Å². The maximum absolute atomic E-state index is 4.24. The van der Waals surface area contributed by atoms with E-state index in [0.29, 0.717) is 0 Å². The Morgan fingerprint density at radius 3 is 1.87 bits per heavy atom. The van der Waals surface area contributed by atoms with E-state index in [1.54, 1.807) is 5.19 Å². The molecule has 0 radical (unpaired) electrons. The average molecular weight is 234 g/mol. The summed E-state index contributed by atoms with van der Waals surface area (Å²) in [4.78, 5) is 0. The van der Waals surface area contributed by atoms with Gasteiger partial charge in [-0.05, 0) is 5.56 Å². The molecule has 0 unspecified atom stereocenters. The Morgan fingerprint density at radius 2 is 1.53 bits per heavy atom. The Bertz CT molecular complexity index is 342. The summed E-state index contributed by atoms with van der Waals surface area (Å²) >= 11 is 0. The lowest BCUT2D eigenvalue weighted by Gasteiger charge is -2.20. The van der Waals surface area contributed by atoms with Gasteiger partial charge in [0.25, 0.3) is 0 Å². The molecule has 0 aliphatic carbocycles. The minimum Gasteiger partial charge on any atom is -0.0992 e. The van der Waals surface area contributed by atoms with Crippen molar-refractivity contribution in [1.82, 2.24) is 0 Å². The van der Waals surface area contributed by atoms with Gasteiger partial charge in [-0.25, -0.2) is 0 Å². The molecule has 0 heterocycles. The van der Waals surface area contributed by atoms with Crippen molar-refractivity contribution in [2.75, 3.05) is 0 Å². The highest BCUT2D eigenvalue weighted by molar-refractivity contribution is 6.93. The fraction of sp³-hybridized carbons (Fsp3) is 0.385. The first kappa shape index (κ1) is 12.5. The van der Waals surface area contributed by atoms with Gasteiger partial charge in [0, 0.05) is 0 Å². The van der Waals surface area contributed by atoms with E-state index < -0.39 is 16.9 Å². The second kappa shape index (κ2) is 4.50. The first-order valence-corrected chi connectivity index (χ1v) is 12.0. The second-order valence-corrected chi connectivity index (χ2v) is 13.6. The molecule has 0 aromatic heterocycles. The average Bonchev–Trinajstić information content (AvgIpc) is 2.15. The third-order valence-electron chi connectivity index (χ3n) is 2.83. The minimum absolute atomic E-state index is 0.641. The van der Waals surface area contributed by atoms with E-state index in [0.717, 1.165) is 0 Å². The first-order chi connectivity index (χ1) is 6.82. The van der Waals surface area contributed by atoms with Crippen molar-refractivity contribution in [2.45, 2.75) is 32.7 Å². The monoisotopic (exact) mass is 234 g/mol. The Balaban J connectivity index is 2.95. The van der Waals surface area contributed by atoms with Crippen LogP contribution < -0.4 is 5.19 Å². The van der Waals surface area contributed by atoms with Crippen LogP contribution in [0, 0.1) is 0 Å². The zero-order valence-corrected chi connectivity index (χ0v) is 12.7. The molecule has 0 fully saturated rings. The topological polar surface area (TPSA) is 0 Å². The predicted octanol–water partition coefficient (Wildman–Crippen LogP) is 3.27. The maximum atomic E-state index is 4.24. The van der Waals surface area contributed by atoms with Crippen LogP contribution in [0.25, 0.3) is 5.20 Å². The van der Waals surface area contributed by atoms with Crippen molar-refractivity contribution in [3.8, 4) is 0 Å². The third kappa shape index (κ3) is 3.18. The van der Waals surface area contributed by atoms with Crippen molar-refractivity contribution < 1.29 is 0 Å². The fourth-order valence-corrected chi connectivity index (χ4v) is 3.50. The van der Waals surface area contributed by atoms with Crippen molar-refractivity contribution in [1.29, 1.82) is 0 Å². The lowest BCUT2D eigenvalue weighted by Crippen LogP contribution is -2.24. The van der Waals surface area contributed by atoms with Crippen LogP contribution in [0.4, 0.5) is 0 Å². The molecule has 15 heavy (non-hydrogen) atoms. The molecule has 0 atom stereocenters. The van der Waals surface area contributed by atoms with Gasteiger partial charge in [0.05, 0.1) is 16.9 Å². The summed E-state index contributed by atoms with van der Waals surface area (Å²) in [6, 6.07) is 9.08. The molecule has 0 N–H and O–H groups in total. The van der Waals surface area contributed by atoms with Gasteiger partial charge < -0.3 is 0 Å². The van der Waals surface area contributed by atoms with Crippen LogP contribution in [-0.2, 0) is 0 Å². The first-order valence-electron chi connectivity index (χ1n) is 5.62. The van der Waals surface area contributed by atoms with Gasteiger partial charge in [0.2, 0.25) is 0 Å². The molecular weight excluding hydrogens is 212 g/mol. The van der Waals surface area contributed by atoms with E-state index in [-0.39, 0.29) is 0 Å². The van der Waals surface area contributed by atoms with Gasteiger partial charge in [0.15, 0.2) is 0 Å². The molecule has 0 saturated carbocycles. The molecule has 2 heteroatoms. The number of hydrogen-bond acceptors (Lipinski definition) is 0. The molecule has 82 valence electrons. The molecule has 0 amide bonds. The molecule has 1 rings (SSSR count). The van der Waals surface area contributed by atoms with Crippen molar-refractivity contribution in [3.63, 3.8) is 0 Å². The van der Waals surface area contributed by atoms with Crippen LogP contribution in [0.15, 0.2) is 30.8 Å². The minimum atomic E-state index is -1.23. The Kier molecular flexibility index (Phi) is 3.73. The van der Waals surface area contributed by atoms with Gasteiger partial charge >= 0.3 is 0 Å². The summed E-state index contributed by atoms with van der Waals surface area (Å²) in [6.45, 7) is 16.0. The van der Waals surface area contributed by atoms with Gasteiger partial charge in [-0.1, -0.05) is 74.0 Å². The Hall–Kier alpha value is -0.606. The summed E-state index contributed by atoms with van der Waals surface area (Å²) in [6.07, 6.45) is 0. The molecule has 0 saturated heterocycles. The van der Waals surface area contributed by atoms with Crippen LogP contribution in [0.5, 0.6) is 0 Å². The van der Waals surface area contributed by atoms with Crippen molar-refractivity contribution in [3.05, 3.63) is 36.4 Å². The predicted molar refractivity (Wildman–Crippen MR) is 77.3 cm³/mol. The smallest absolute Gasteiger partial charge is 0.0776 e. The zero-order valence-electron chi connectivity index (χ0n) is 10.6. The van der Waals surface area contributed by atoms with Crippen molar-refractivity contribution in [2.24, 2.45) is 0 Å². The SMILES string of the molecule is C=C(c1ccc([SiH](C)C)cc1)[Si](C)(C)C. The van der Waals surface area contributed by atoms with E-state index in [4.69, 9.17) is 0 Å². The quantitative estimate of drug-likeness (QED) is 0.704. The van der Waals surface area contributed by atoms with Gasteiger partial charge in [-0.3, -0.25) is 0 Å². The van der Waals surface area contributed by atoms with Crippen molar-refractivity contribution >= 4 is 27.3 Å². The zero-order chi connectivity index (χ0) is 11.6. The molecule has 0 aliphatic rings. The van der Waals surface area contributed by atoms with Crippen LogP contribution in [0.2, 0.25) is 32.7 Å². The summed E-state index contributed by atoms with van der Waals surface area (Å²) in [5, 5.41) is 2.90. The lowest BCUT2D eigenvalue weighted by molar-refractivity contribution is 1.64. The van der Waals surface area contributed by atoms with Gasteiger partial charge in [-0.15, -0.1) is 0 Å². The Labute approximate surface area is 96.7 Å². The highest BCUT2D eigenvalue weighted by atomic mass is 28.3. The molecule has 0 spiro atoms. The van der Waals surface area contributed by atoms with E-state index in [9.17, 15) is 0 Å². The van der Waals surface area contributed by atoms with Crippen LogP contribution in [0.1, 0.15) is 5.56 Å². The highest BCUT2D eigenvalue weighted by Gasteiger charge is 2.18. The summed E-state index contributed by atoms with van der Waals surface area (Å²) in [5.41, 5.74) is 1.34. The van der Waals surface area contributed by atoms with Crippen LogP contribution >= 0.6 is 0 Å². The highest BCUT2D eigenvalue weighted by Crippen LogP contribution is 2.22. The van der Waals surface area contributed by atoms with Gasteiger partial charge in [-0.2, -0.15) is 0 Å². The maximum Gasteiger partial charge on any atom is 0.0776 e. The second-order valence-electron chi connectivity index (χ2n) is 5.51. The lowest BCUT2D eigenvalue weighted by atomic mass is 10.2. The molecule has 0 nitrogen and oxygen atoms in total. The normalized spacial score (nSPS) is 11.9. The standard InChI is InChI=1S/C13H22Si2/c1-11(15(4,5)6)12-7-9-13(10-8-12)14(2)3/h7-10,14H,1H2,2-6H3. The third-order valence-corrected chi connectivity index (χ3v) is 6.65. The molecule has 0 aliphatic heterocycles. The van der Waals surface area contributed by atoms with E-state index in [1.165, 1.54) is 10.8 Å². The van der Waals surface area contributed by atoms with E-state index >= 15 is 0 Å².